The molecule has 0 fully saturated rings. The quantitative estimate of drug-likeness (QED) is 0.495. The lowest BCUT2D eigenvalue weighted by atomic mass is 10.1. The minimum Gasteiger partial charge on any atom is -0.486 e. The zero-order valence-corrected chi connectivity index (χ0v) is 19.7. The first kappa shape index (κ1) is 23.1. The molecule has 1 aliphatic rings. The zero-order chi connectivity index (χ0) is 23.5. The van der Waals surface area contributed by atoms with Gasteiger partial charge in [0.05, 0.1) is 20.5 Å². The van der Waals surface area contributed by atoms with E-state index in [1.807, 2.05) is 32.0 Å². The predicted octanol–water partition coefficient (Wildman–Crippen LogP) is 5.53. The number of aryl methyl sites for hydroxylation is 1. The van der Waals surface area contributed by atoms with Gasteiger partial charge in [-0.05, 0) is 49.7 Å². The summed E-state index contributed by atoms with van der Waals surface area (Å²) in [7, 11) is 0. The molecule has 0 spiro atoms. The molecule has 172 valence electrons. The molecule has 2 amide bonds. The van der Waals surface area contributed by atoms with Crippen LogP contribution in [0.25, 0.3) is 0 Å². The Kier molecular flexibility index (Phi) is 6.85. The summed E-state index contributed by atoms with van der Waals surface area (Å²) < 4.78 is 24.7. The Bertz CT molecular complexity index is 1210. The molecule has 4 rings (SSSR count). The number of anilines is 1. The number of thiophene rings is 1. The summed E-state index contributed by atoms with van der Waals surface area (Å²) in [5.41, 5.74) is 1.78. The molecule has 3 aromatic rings. The number of nitrogens with one attached hydrogen (secondary N) is 1. The van der Waals surface area contributed by atoms with Crippen molar-refractivity contribution in [1.82, 2.24) is 4.90 Å². The van der Waals surface area contributed by atoms with Gasteiger partial charge in [0, 0.05) is 18.7 Å². The maximum Gasteiger partial charge on any atom is 0.264 e. The minimum absolute atomic E-state index is 0.0200. The van der Waals surface area contributed by atoms with Gasteiger partial charge in [-0.1, -0.05) is 23.7 Å². The Morgan fingerprint density at radius 3 is 2.73 bits per heavy atom. The summed E-state index contributed by atoms with van der Waals surface area (Å²) in [5, 5.41) is 3.27. The molecule has 2 heterocycles. The highest BCUT2D eigenvalue weighted by molar-refractivity contribution is 7.18. The number of rotatable bonds is 6. The van der Waals surface area contributed by atoms with Crippen LogP contribution >= 0.6 is 22.9 Å². The second kappa shape index (κ2) is 9.80. The summed E-state index contributed by atoms with van der Waals surface area (Å²) >= 11 is 7.17. The van der Waals surface area contributed by atoms with Crippen molar-refractivity contribution in [2.45, 2.75) is 20.4 Å². The van der Waals surface area contributed by atoms with Crippen molar-refractivity contribution in [1.29, 1.82) is 0 Å². The van der Waals surface area contributed by atoms with Crippen LogP contribution in [0.5, 0.6) is 11.5 Å². The Morgan fingerprint density at radius 2 is 1.97 bits per heavy atom. The molecule has 0 aliphatic carbocycles. The van der Waals surface area contributed by atoms with Crippen molar-refractivity contribution in [2.24, 2.45) is 0 Å². The number of nitrogens with zero attached hydrogens (tertiary/aromatic N) is 1. The third kappa shape index (κ3) is 4.96. The first-order valence-corrected chi connectivity index (χ1v) is 11.6. The van der Waals surface area contributed by atoms with E-state index in [0.29, 0.717) is 47.7 Å². The summed E-state index contributed by atoms with van der Waals surface area (Å²) in [5.74, 6) is 0.212. The third-order valence-electron chi connectivity index (χ3n) is 5.20. The minimum atomic E-state index is -0.521. The summed E-state index contributed by atoms with van der Waals surface area (Å²) in [6, 6.07) is 11.0. The smallest absolute Gasteiger partial charge is 0.264 e. The number of para-hydroxylation sites is 1. The van der Waals surface area contributed by atoms with Crippen LogP contribution in [0.2, 0.25) is 5.02 Å². The van der Waals surface area contributed by atoms with Crippen molar-refractivity contribution in [3.8, 4) is 11.5 Å². The molecule has 0 saturated carbocycles. The molecular formula is C24H22ClFN2O4S. The number of hydrogen-bond donors (Lipinski definition) is 1. The molecule has 0 saturated heterocycles. The SMILES string of the molecule is CCN(Cc1cccc2c1OCCO2)C(=O)c1sc(NC(=O)c2ccc(F)cc2Cl)cc1C. The number of amides is 2. The van der Waals surface area contributed by atoms with Crippen LogP contribution in [-0.4, -0.2) is 36.5 Å². The van der Waals surface area contributed by atoms with Gasteiger partial charge < -0.3 is 19.7 Å². The van der Waals surface area contributed by atoms with Gasteiger partial charge in [0.15, 0.2) is 11.5 Å². The fraction of sp³-hybridized carbons (Fsp3) is 0.250. The lowest BCUT2D eigenvalue weighted by Gasteiger charge is -2.25. The Labute approximate surface area is 199 Å². The van der Waals surface area contributed by atoms with E-state index >= 15 is 0 Å². The monoisotopic (exact) mass is 488 g/mol. The molecule has 1 aliphatic heterocycles. The number of carbonyl (C=O) groups is 2. The molecule has 9 heteroatoms. The van der Waals surface area contributed by atoms with Crippen molar-refractivity contribution >= 4 is 39.8 Å². The van der Waals surface area contributed by atoms with E-state index in [1.165, 1.54) is 23.5 Å². The van der Waals surface area contributed by atoms with E-state index in [2.05, 4.69) is 5.32 Å². The van der Waals surface area contributed by atoms with Gasteiger partial charge in [0.2, 0.25) is 0 Å². The van der Waals surface area contributed by atoms with Crippen molar-refractivity contribution in [3.63, 3.8) is 0 Å². The number of fused-ring (bicyclic) bond motifs is 1. The van der Waals surface area contributed by atoms with Gasteiger partial charge in [-0.2, -0.15) is 0 Å². The summed E-state index contributed by atoms with van der Waals surface area (Å²) in [6.07, 6.45) is 0. The lowest BCUT2D eigenvalue weighted by molar-refractivity contribution is 0.0753. The van der Waals surface area contributed by atoms with Crippen LogP contribution < -0.4 is 14.8 Å². The summed E-state index contributed by atoms with van der Waals surface area (Å²) in [4.78, 5) is 28.1. The molecular weight excluding hydrogens is 467 g/mol. The van der Waals surface area contributed by atoms with E-state index in [4.69, 9.17) is 21.1 Å². The van der Waals surface area contributed by atoms with E-state index in [0.717, 1.165) is 17.2 Å². The highest BCUT2D eigenvalue weighted by Gasteiger charge is 2.23. The first-order valence-electron chi connectivity index (χ1n) is 10.4. The fourth-order valence-corrected chi connectivity index (χ4v) is 4.83. The van der Waals surface area contributed by atoms with Gasteiger partial charge >= 0.3 is 0 Å². The van der Waals surface area contributed by atoms with Crippen LogP contribution in [0.15, 0.2) is 42.5 Å². The third-order valence-corrected chi connectivity index (χ3v) is 6.66. The average Bonchev–Trinajstić information content (AvgIpc) is 3.16. The summed E-state index contributed by atoms with van der Waals surface area (Å²) in [6.45, 7) is 5.56. The molecule has 33 heavy (non-hydrogen) atoms. The van der Waals surface area contributed by atoms with Gasteiger partial charge in [-0.3, -0.25) is 9.59 Å². The molecule has 0 radical (unpaired) electrons. The van der Waals surface area contributed by atoms with E-state index in [9.17, 15) is 14.0 Å². The van der Waals surface area contributed by atoms with Crippen LogP contribution in [0.3, 0.4) is 0 Å². The Morgan fingerprint density at radius 1 is 1.18 bits per heavy atom. The van der Waals surface area contributed by atoms with E-state index in [1.54, 1.807) is 11.0 Å². The molecule has 1 N–H and O–H groups in total. The first-order chi connectivity index (χ1) is 15.9. The van der Waals surface area contributed by atoms with E-state index in [-0.39, 0.29) is 16.5 Å². The maximum atomic E-state index is 13.3. The standard InChI is InChI=1S/C24H22ClFN2O4S/c1-3-28(13-15-5-4-6-19-21(15)32-10-9-31-19)24(30)22-14(2)11-20(33-22)27-23(29)17-8-7-16(26)12-18(17)25/h4-8,11-12H,3,9-10,13H2,1-2H3,(H,27,29). The molecule has 0 bridgehead atoms. The second-order valence-electron chi connectivity index (χ2n) is 7.46. The Balaban J connectivity index is 1.52. The van der Waals surface area contributed by atoms with Gasteiger partial charge in [0.25, 0.3) is 11.8 Å². The highest BCUT2D eigenvalue weighted by Crippen LogP contribution is 2.35. The topological polar surface area (TPSA) is 67.9 Å². The largest absolute Gasteiger partial charge is 0.486 e. The normalized spacial score (nSPS) is 12.4. The molecule has 1 aromatic heterocycles. The maximum absolute atomic E-state index is 13.3. The second-order valence-corrected chi connectivity index (χ2v) is 8.92. The molecule has 0 unspecified atom stereocenters. The number of hydrogen-bond acceptors (Lipinski definition) is 5. The van der Waals surface area contributed by atoms with Crippen molar-refractivity contribution in [2.75, 3.05) is 25.1 Å². The highest BCUT2D eigenvalue weighted by atomic mass is 35.5. The van der Waals surface area contributed by atoms with Crippen molar-refractivity contribution < 1.29 is 23.5 Å². The van der Waals surface area contributed by atoms with Crippen LogP contribution in [0.4, 0.5) is 9.39 Å². The van der Waals surface area contributed by atoms with Gasteiger partial charge in [0.1, 0.15) is 19.0 Å². The number of carbonyl (C=O) groups excluding carboxylic acids is 2. The predicted molar refractivity (Wildman–Crippen MR) is 126 cm³/mol. The van der Waals surface area contributed by atoms with Gasteiger partial charge in [-0.25, -0.2) is 4.39 Å². The van der Waals surface area contributed by atoms with Crippen LogP contribution in [0.1, 0.15) is 38.1 Å². The number of benzene rings is 2. The number of ether oxygens (including phenoxy) is 2. The Hall–Kier alpha value is -3.10. The van der Waals surface area contributed by atoms with Crippen LogP contribution in [-0.2, 0) is 6.54 Å². The molecule has 2 aromatic carbocycles. The lowest BCUT2D eigenvalue weighted by Crippen LogP contribution is -2.30. The zero-order valence-electron chi connectivity index (χ0n) is 18.1. The molecule has 6 nitrogen and oxygen atoms in total. The fourth-order valence-electron chi connectivity index (χ4n) is 3.54. The van der Waals surface area contributed by atoms with Crippen LogP contribution in [0, 0.1) is 12.7 Å². The van der Waals surface area contributed by atoms with E-state index < -0.39 is 11.7 Å². The number of halogens is 2. The molecule has 0 atom stereocenters. The average molecular weight is 489 g/mol. The van der Waals surface area contributed by atoms with Gasteiger partial charge in [-0.15, -0.1) is 11.3 Å². The van der Waals surface area contributed by atoms with Crippen molar-refractivity contribution in [3.05, 3.63) is 74.9 Å².